The highest BCUT2D eigenvalue weighted by Gasteiger charge is 2.59. The highest BCUT2D eigenvalue weighted by atomic mass is 31.2. The maximum atomic E-state index is 17.2. The first-order valence-corrected chi connectivity index (χ1v) is 22.5. The van der Waals surface area contributed by atoms with Gasteiger partial charge in [0.2, 0.25) is 11.6 Å². The van der Waals surface area contributed by atoms with Crippen molar-refractivity contribution >= 4 is 57.9 Å². The molecule has 9 atom stereocenters. The van der Waals surface area contributed by atoms with E-state index in [1.165, 1.54) is 21.5 Å². The van der Waals surface area contributed by atoms with Crippen molar-refractivity contribution in [3.05, 3.63) is 41.7 Å². The van der Waals surface area contributed by atoms with Gasteiger partial charge in [0.25, 0.3) is 5.56 Å². The second-order valence-corrected chi connectivity index (χ2v) is 22.2. The van der Waals surface area contributed by atoms with Crippen LogP contribution in [0.15, 0.2) is 36.2 Å². The molecule has 0 spiro atoms. The molecule has 5 aromatic heterocycles. The van der Waals surface area contributed by atoms with Crippen LogP contribution in [0.25, 0.3) is 28.1 Å². The summed E-state index contributed by atoms with van der Waals surface area (Å²) < 4.78 is 89.7. The maximum Gasteiger partial charge on any atom is 0.472 e. The van der Waals surface area contributed by atoms with E-state index < -0.39 is 96.9 Å². The number of anilines is 1. The van der Waals surface area contributed by atoms with Gasteiger partial charge in [-0.15, -0.1) is 0 Å². The van der Waals surface area contributed by atoms with Gasteiger partial charge in [0, 0.05) is 12.4 Å². The molecular formula is C28H37FN10O12P2Si. The van der Waals surface area contributed by atoms with E-state index in [1.54, 1.807) is 6.20 Å². The third kappa shape index (κ3) is 6.23. The Kier molecular flexibility index (Phi) is 8.84. The second kappa shape index (κ2) is 12.8. The molecule has 0 amide bonds. The Hall–Kier alpha value is -3.51. The van der Waals surface area contributed by atoms with Crippen LogP contribution in [0.4, 0.5) is 10.2 Å². The van der Waals surface area contributed by atoms with Gasteiger partial charge in [-0.1, -0.05) is 20.8 Å². The van der Waals surface area contributed by atoms with Gasteiger partial charge in [0.05, 0.1) is 25.9 Å². The summed E-state index contributed by atoms with van der Waals surface area (Å²) in [5.74, 6) is -2.68. The van der Waals surface area contributed by atoms with Crippen LogP contribution in [0, 0.1) is 0 Å². The van der Waals surface area contributed by atoms with Crippen LogP contribution < -0.4 is 11.3 Å². The number of alkyl halides is 1. The van der Waals surface area contributed by atoms with Crippen molar-refractivity contribution in [2.45, 2.75) is 81.4 Å². The molecule has 3 aliphatic heterocycles. The molecular weight excluding hydrogens is 777 g/mol. The zero-order valence-electron chi connectivity index (χ0n) is 29.4. The molecule has 3 saturated heterocycles. The Morgan fingerprint density at radius 1 is 1.04 bits per heavy atom. The SMILES string of the molecule is CC(C)(C)[Si](C)(C)OC1[C@H]2OP(=O)(O)OC[C@H]3OC[C@@](F)(n4cnc5c(N)ncnc54)[C@@H]3OP(=O)(O)OC[C@H]1O[C@H]2n1cnc2c(=O)[nH]c3nccn3c21. The molecule has 0 aromatic carbocycles. The minimum atomic E-state index is -5.24. The summed E-state index contributed by atoms with van der Waals surface area (Å²) in [7, 11) is -13.2. The molecule has 3 unspecified atom stereocenters. The zero-order valence-corrected chi connectivity index (χ0v) is 32.2. The lowest BCUT2D eigenvalue weighted by atomic mass is 10.1. The summed E-state index contributed by atoms with van der Waals surface area (Å²) in [6.45, 7) is 7.32. The molecule has 5 N–H and O–H groups in total. The number of imidazole rings is 3. The molecule has 0 saturated carbocycles. The van der Waals surface area contributed by atoms with Crippen molar-refractivity contribution in [3.63, 3.8) is 0 Å². The summed E-state index contributed by atoms with van der Waals surface area (Å²) in [5.41, 5.74) is 5.43. The van der Waals surface area contributed by atoms with E-state index in [1.807, 2.05) is 33.9 Å². The lowest BCUT2D eigenvalue weighted by Gasteiger charge is -2.40. The normalized spacial score (nSPS) is 34.2. The van der Waals surface area contributed by atoms with Gasteiger partial charge in [0.15, 0.2) is 43.3 Å². The van der Waals surface area contributed by atoms with Crippen LogP contribution in [0.5, 0.6) is 0 Å². The van der Waals surface area contributed by atoms with Crippen LogP contribution in [-0.4, -0.2) is 112 Å². The number of ether oxygens (including phenoxy) is 2. The first-order chi connectivity index (χ1) is 25.3. The lowest BCUT2D eigenvalue weighted by molar-refractivity contribution is -0.0716. The van der Waals surface area contributed by atoms with Gasteiger partial charge >= 0.3 is 15.6 Å². The minimum absolute atomic E-state index is 0.0190. The van der Waals surface area contributed by atoms with Gasteiger partial charge in [-0.2, -0.15) is 0 Å². The van der Waals surface area contributed by atoms with E-state index in [0.717, 1.165) is 17.2 Å². The highest BCUT2D eigenvalue weighted by molar-refractivity contribution is 7.47. The topological polar surface area (TPSA) is 277 Å². The van der Waals surface area contributed by atoms with Gasteiger partial charge in [-0.05, 0) is 18.1 Å². The smallest absolute Gasteiger partial charge is 0.408 e. The number of nitrogen functional groups attached to an aromatic ring is 1. The summed E-state index contributed by atoms with van der Waals surface area (Å²) in [5, 5.41) is -0.414. The Balaban J connectivity index is 1.21. The van der Waals surface area contributed by atoms with Crippen molar-refractivity contribution in [1.82, 2.24) is 43.4 Å². The first-order valence-electron chi connectivity index (χ1n) is 16.6. The zero-order chi connectivity index (χ0) is 38.6. The Morgan fingerprint density at radius 2 is 1.74 bits per heavy atom. The number of rotatable bonds is 4. The van der Waals surface area contributed by atoms with E-state index in [4.69, 9.17) is 37.7 Å². The second-order valence-electron chi connectivity index (χ2n) is 14.6. The molecule has 2 bridgehead atoms. The monoisotopic (exact) mass is 814 g/mol. The number of aromatic amines is 1. The number of nitrogens with one attached hydrogen (secondary N) is 1. The summed E-state index contributed by atoms with van der Waals surface area (Å²) in [6, 6.07) is 0. The number of hydrogen-bond acceptors (Lipinski definition) is 16. The van der Waals surface area contributed by atoms with Gasteiger partial charge in [-0.3, -0.25) is 41.4 Å². The van der Waals surface area contributed by atoms with Crippen molar-refractivity contribution in [2.24, 2.45) is 0 Å². The van der Waals surface area contributed by atoms with E-state index in [9.17, 15) is 23.7 Å². The van der Waals surface area contributed by atoms with Crippen LogP contribution >= 0.6 is 15.6 Å². The average Bonchev–Trinajstić information content (AvgIpc) is 3.90. The van der Waals surface area contributed by atoms with E-state index >= 15 is 4.39 Å². The number of phosphoric acid groups is 2. The highest BCUT2D eigenvalue weighted by Crippen LogP contribution is 2.56. The number of nitrogens with two attached hydrogens (primary N) is 1. The van der Waals surface area contributed by atoms with E-state index in [0.29, 0.717) is 0 Å². The molecule has 3 fully saturated rings. The molecule has 0 aliphatic carbocycles. The quantitative estimate of drug-likeness (QED) is 0.149. The number of phosphoric ester groups is 2. The molecule has 5 aromatic rings. The third-order valence-electron chi connectivity index (χ3n) is 10.2. The largest absolute Gasteiger partial charge is 0.472 e. The molecule has 8 rings (SSSR count). The number of fused-ring (bicyclic) bond motifs is 7. The van der Waals surface area contributed by atoms with E-state index in [-0.39, 0.29) is 33.9 Å². The standard InChI is InChI=1S/C28H37FN10O12P2Si/c1-27(2,3)54(4,5)51-18-14-8-46-53(43,44)50-20-15(45-10-28(20,29)39-13-35-16-21(30)32-11-33-22(16)39)9-47-52(41,42)49-19(18)25(48-14)38-12-34-17-23(40)36-26-31-6-7-37(26)24(17)38/h6-7,11-15,18-20,25H,8-10H2,1-5H3,(H,41,42)(H,43,44)(H2,30,32,33)(H,31,36,40)/t14-,15-,18?,19-,20-,25-,28-/m1/s1. The Labute approximate surface area is 305 Å². The number of H-pyrrole nitrogens is 1. The van der Waals surface area contributed by atoms with Crippen LogP contribution in [0.2, 0.25) is 18.1 Å². The molecule has 8 heterocycles. The van der Waals surface area contributed by atoms with Crippen molar-refractivity contribution in [2.75, 3.05) is 25.6 Å². The van der Waals surface area contributed by atoms with Crippen LogP contribution in [0.1, 0.15) is 27.0 Å². The fraction of sp³-hybridized carbons (Fsp3) is 0.571. The number of halogens is 1. The molecule has 3 aliphatic rings. The maximum absolute atomic E-state index is 17.2. The van der Waals surface area contributed by atoms with Gasteiger partial charge in [-0.25, -0.2) is 38.4 Å². The van der Waals surface area contributed by atoms with Crippen LogP contribution in [0.3, 0.4) is 0 Å². The minimum Gasteiger partial charge on any atom is -0.408 e. The fourth-order valence-electron chi connectivity index (χ4n) is 6.49. The van der Waals surface area contributed by atoms with E-state index in [2.05, 4.69) is 29.9 Å². The summed E-state index contributed by atoms with van der Waals surface area (Å²) >= 11 is 0. The first kappa shape index (κ1) is 37.4. The summed E-state index contributed by atoms with van der Waals surface area (Å²) in [4.78, 5) is 58.4. The molecule has 26 heteroatoms. The predicted octanol–water partition coefficient (Wildman–Crippen LogP) is 2.12. The average molecular weight is 815 g/mol. The van der Waals surface area contributed by atoms with Crippen molar-refractivity contribution in [1.29, 1.82) is 0 Å². The number of nitrogens with zero attached hydrogens (tertiary/aromatic N) is 8. The molecule has 0 radical (unpaired) electrons. The van der Waals surface area contributed by atoms with Gasteiger partial charge < -0.3 is 29.4 Å². The Morgan fingerprint density at radius 3 is 2.48 bits per heavy atom. The molecule has 292 valence electrons. The molecule has 54 heavy (non-hydrogen) atoms. The number of aromatic nitrogens is 9. The number of hydrogen-bond donors (Lipinski definition) is 4. The van der Waals surface area contributed by atoms with Crippen LogP contribution in [-0.2, 0) is 46.9 Å². The third-order valence-corrected chi connectivity index (χ3v) is 16.6. The fourth-order valence-corrected chi connectivity index (χ4v) is 9.72. The van der Waals surface area contributed by atoms with Crippen molar-refractivity contribution < 1.29 is 55.3 Å². The Bertz CT molecular complexity index is 2420. The predicted molar refractivity (Wildman–Crippen MR) is 185 cm³/mol. The molecule has 22 nitrogen and oxygen atoms in total. The van der Waals surface area contributed by atoms with Crippen molar-refractivity contribution in [3.8, 4) is 0 Å². The van der Waals surface area contributed by atoms with Gasteiger partial charge in [0.1, 0.15) is 42.9 Å². The summed E-state index contributed by atoms with van der Waals surface area (Å²) in [6.07, 6.45) is -2.60. The lowest BCUT2D eigenvalue weighted by Crippen LogP contribution is -2.50.